The molecule has 200 valence electrons. The molecule has 0 saturated heterocycles. The van der Waals surface area contributed by atoms with E-state index < -0.39 is 5.92 Å². The minimum Gasteiger partial charge on any atom is -0.503 e. The van der Waals surface area contributed by atoms with Gasteiger partial charge in [-0.3, -0.25) is 9.59 Å². The summed E-state index contributed by atoms with van der Waals surface area (Å²) in [7, 11) is 0. The van der Waals surface area contributed by atoms with Crippen molar-refractivity contribution < 1.29 is 19.4 Å². The largest absolute Gasteiger partial charge is 0.503 e. The van der Waals surface area contributed by atoms with E-state index in [1.54, 1.807) is 0 Å². The third-order valence-corrected chi connectivity index (χ3v) is 9.18. The summed E-state index contributed by atoms with van der Waals surface area (Å²) in [5, 5.41) is 10.6. The number of carbonyl (C=O) groups excluding carboxylic acids is 2. The molecule has 3 aliphatic carbocycles. The van der Waals surface area contributed by atoms with Gasteiger partial charge in [0, 0.05) is 47.3 Å². The van der Waals surface area contributed by atoms with Crippen molar-refractivity contribution in [2.24, 2.45) is 10.8 Å². The summed E-state index contributed by atoms with van der Waals surface area (Å²) in [6.07, 6.45) is 8.42. The number of allylic oxidation sites excluding steroid dienone is 4. The number of halogens is 1. The number of ether oxygens (including phenoxy) is 1. The van der Waals surface area contributed by atoms with Crippen LogP contribution in [-0.2, 0) is 9.59 Å². The van der Waals surface area contributed by atoms with Gasteiger partial charge in [-0.2, -0.15) is 0 Å². The number of hydrogen-bond donors (Lipinski definition) is 1. The molecule has 0 atom stereocenters. The van der Waals surface area contributed by atoms with Gasteiger partial charge < -0.3 is 14.7 Å². The van der Waals surface area contributed by atoms with Gasteiger partial charge in [-0.15, -0.1) is 0 Å². The van der Waals surface area contributed by atoms with Crippen LogP contribution in [0, 0.1) is 10.8 Å². The molecule has 0 spiro atoms. The third kappa shape index (κ3) is 4.79. The predicted octanol–water partition coefficient (Wildman–Crippen LogP) is 7.57. The molecule has 0 radical (unpaired) electrons. The highest BCUT2D eigenvalue weighted by atomic mass is 79.9. The van der Waals surface area contributed by atoms with Crippen LogP contribution in [0.2, 0.25) is 0 Å². The first-order valence-corrected chi connectivity index (χ1v) is 14.7. The fourth-order valence-corrected chi connectivity index (χ4v) is 7.60. The van der Waals surface area contributed by atoms with Crippen LogP contribution >= 0.6 is 15.9 Å². The molecule has 4 aliphatic rings. The maximum absolute atomic E-state index is 14.0. The van der Waals surface area contributed by atoms with Crippen LogP contribution in [0.25, 0.3) is 0 Å². The van der Waals surface area contributed by atoms with E-state index in [-0.39, 0.29) is 28.1 Å². The van der Waals surface area contributed by atoms with Crippen molar-refractivity contribution in [3.8, 4) is 11.5 Å². The number of Topliss-reactive ketones (excluding diaryl/α,β-unsaturated/α-hetero) is 2. The summed E-state index contributed by atoms with van der Waals surface area (Å²) in [6, 6.07) is 4.03. The second-order valence-corrected chi connectivity index (χ2v) is 13.8. The highest BCUT2D eigenvalue weighted by molar-refractivity contribution is 9.10. The van der Waals surface area contributed by atoms with E-state index in [0.717, 1.165) is 53.8 Å². The first-order valence-electron chi connectivity index (χ1n) is 13.9. The van der Waals surface area contributed by atoms with Gasteiger partial charge in [0.2, 0.25) is 0 Å². The topological polar surface area (TPSA) is 66.8 Å². The molecule has 0 bridgehead atoms. The smallest absolute Gasteiger partial charge is 0.172 e. The fraction of sp³-hybridized carbons (Fsp3) is 0.613. The standard InChI is InChI=1S/C31H40BrNO4/c1-6-37-25-13-18(12-20(32)29(25)36)26-27-21(14-30(2,3)16-23(27)34)33(19-10-8-7-9-11-19)22-15-31(4,5)17-24(35)28(22)26/h12-13,19,26,36H,6-11,14-17H2,1-5H3. The fourth-order valence-electron chi connectivity index (χ4n) is 7.14. The summed E-state index contributed by atoms with van der Waals surface area (Å²) in [4.78, 5) is 30.5. The van der Waals surface area contributed by atoms with Crippen LogP contribution < -0.4 is 4.74 Å². The van der Waals surface area contributed by atoms with Crippen LogP contribution in [0.4, 0.5) is 0 Å². The van der Waals surface area contributed by atoms with E-state index >= 15 is 0 Å². The maximum Gasteiger partial charge on any atom is 0.172 e. The Bertz CT molecular complexity index is 1150. The third-order valence-electron chi connectivity index (χ3n) is 8.58. The number of nitrogens with zero attached hydrogens (tertiary/aromatic N) is 1. The number of rotatable bonds is 4. The molecule has 1 fully saturated rings. The second kappa shape index (κ2) is 9.59. The molecule has 1 aromatic rings. The SMILES string of the molecule is CCOc1cc(C2C3=C(CC(C)(C)CC3=O)N(C3CCCCC3)C3=C2C(=O)CC(C)(C)C3)cc(Br)c1O. The van der Waals surface area contributed by atoms with Crippen LogP contribution in [0.15, 0.2) is 39.1 Å². The maximum atomic E-state index is 14.0. The summed E-state index contributed by atoms with van der Waals surface area (Å²) in [6.45, 7) is 11.0. The van der Waals surface area contributed by atoms with Crippen molar-refractivity contribution in [1.82, 2.24) is 4.90 Å². The molecule has 5 nitrogen and oxygen atoms in total. The first-order chi connectivity index (χ1) is 17.4. The van der Waals surface area contributed by atoms with Gasteiger partial charge in [0.1, 0.15) is 0 Å². The van der Waals surface area contributed by atoms with E-state index in [4.69, 9.17) is 4.74 Å². The van der Waals surface area contributed by atoms with Crippen molar-refractivity contribution in [1.29, 1.82) is 0 Å². The lowest BCUT2D eigenvalue weighted by molar-refractivity contribution is -0.119. The molecule has 1 aliphatic heterocycles. The van der Waals surface area contributed by atoms with Crippen LogP contribution in [-0.4, -0.2) is 34.2 Å². The Labute approximate surface area is 229 Å². The lowest BCUT2D eigenvalue weighted by Crippen LogP contribution is -2.48. The minimum atomic E-state index is -0.437. The Morgan fingerprint density at radius 2 is 1.46 bits per heavy atom. The van der Waals surface area contributed by atoms with Crippen molar-refractivity contribution in [3.05, 3.63) is 44.7 Å². The Kier molecular flexibility index (Phi) is 6.87. The number of phenols is 1. The number of ketones is 2. The highest BCUT2D eigenvalue weighted by Crippen LogP contribution is 2.56. The monoisotopic (exact) mass is 569 g/mol. The molecule has 6 heteroatoms. The highest BCUT2D eigenvalue weighted by Gasteiger charge is 2.50. The van der Waals surface area contributed by atoms with Gasteiger partial charge in [0.25, 0.3) is 0 Å². The lowest BCUT2D eigenvalue weighted by Gasteiger charge is -2.52. The number of carbonyl (C=O) groups is 2. The van der Waals surface area contributed by atoms with Gasteiger partial charge in [-0.05, 0) is 77.1 Å². The Balaban J connectivity index is 1.79. The van der Waals surface area contributed by atoms with Gasteiger partial charge in [0.15, 0.2) is 23.1 Å². The summed E-state index contributed by atoms with van der Waals surface area (Å²) < 4.78 is 6.28. The quantitative estimate of drug-likeness (QED) is 0.405. The summed E-state index contributed by atoms with van der Waals surface area (Å²) >= 11 is 3.51. The zero-order chi connectivity index (χ0) is 26.7. The number of aromatic hydroxyl groups is 1. The molecule has 37 heavy (non-hydrogen) atoms. The molecule has 1 N–H and O–H groups in total. The molecular weight excluding hydrogens is 530 g/mol. The van der Waals surface area contributed by atoms with E-state index in [1.165, 1.54) is 19.3 Å². The van der Waals surface area contributed by atoms with E-state index in [0.29, 0.717) is 35.7 Å². The van der Waals surface area contributed by atoms with E-state index in [2.05, 4.69) is 48.5 Å². The van der Waals surface area contributed by atoms with Crippen LogP contribution in [0.1, 0.15) is 104 Å². The number of benzene rings is 1. The van der Waals surface area contributed by atoms with E-state index in [1.807, 2.05) is 19.1 Å². The molecule has 5 rings (SSSR count). The van der Waals surface area contributed by atoms with Gasteiger partial charge in [0.05, 0.1) is 11.1 Å². The summed E-state index contributed by atoms with van der Waals surface area (Å²) in [5.74, 6) is 0.263. The van der Waals surface area contributed by atoms with Crippen LogP contribution in [0.5, 0.6) is 11.5 Å². The zero-order valence-electron chi connectivity index (χ0n) is 22.9. The average Bonchev–Trinajstić information content (AvgIpc) is 2.79. The predicted molar refractivity (Wildman–Crippen MR) is 149 cm³/mol. The Morgan fingerprint density at radius 1 is 0.919 bits per heavy atom. The van der Waals surface area contributed by atoms with E-state index in [9.17, 15) is 14.7 Å². The first kappa shape index (κ1) is 26.5. The zero-order valence-corrected chi connectivity index (χ0v) is 24.5. The summed E-state index contributed by atoms with van der Waals surface area (Å²) in [5.41, 5.74) is 4.40. The molecule has 1 heterocycles. The number of hydrogen-bond acceptors (Lipinski definition) is 5. The van der Waals surface area contributed by atoms with Gasteiger partial charge in [-0.1, -0.05) is 47.0 Å². The van der Waals surface area contributed by atoms with Crippen molar-refractivity contribution in [3.63, 3.8) is 0 Å². The molecule has 1 aromatic carbocycles. The van der Waals surface area contributed by atoms with Crippen molar-refractivity contribution in [2.75, 3.05) is 6.61 Å². The Hall–Kier alpha value is -2.08. The number of phenolic OH excluding ortho intramolecular Hbond substituents is 1. The van der Waals surface area contributed by atoms with Crippen LogP contribution in [0.3, 0.4) is 0 Å². The molecule has 0 amide bonds. The second-order valence-electron chi connectivity index (χ2n) is 13.0. The molecule has 0 unspecified atom stereocenters. The van der Waals surface area contributed by atoms with Crippen molar-refractivity contribution >= 4 is 27.5 Å². The van der Waals surface area contributed by atoms with Gasteiger partial charge >= 0.3 is 0 Å². The lowest BCUT2D eigenvalue weighted by atomic mass is 9.63. The normalized spacial score (nSPS) is 24.3. The molecular formula is C31H40BrNO4. The molecule has 0 aromatic heterocycles. The van der Waals surface area contributed by atoms with Gasteiger partial charge in [-0.25, -0.2) is 0 Å². The minimum absolute atomic E-state index is 0.0425. The molecule has 1 saturated carbocycles. The Morgan fingerprint density at radius 3 is 1.97 bits per heavy atom. The average molecular weight is 571 g/mol. The van der Waals surface area contributed by atoms with Crippen molar-refractivity contribution in [2.45, 2.75) is 104 Å².